The minimum Gasteiger partial charge on any atom is -0.337 e. The molecule has 1 fully saturated rings. The molecule has 2 rings (SSSR count). The van der Waals surface area contributed by atoms with Crippen LogP contribution in [0, 0.1) is 6.92 Å². The van der Waals surface area contributed by atoms with E-state index in [0.29, 0.717) is 5.15 Å². The van der Waals surface area contributed by atoms with Crippen molar-refractivity contribution in [2.24, 2.45) is 0 Å². The van der Waals surface area contributed by atoms with E-state index in [4.69, 9.17) is 11.6 Å². The molecule has 0 unspecified atom stereocenters. The lowest BCUT2D eigenvalue weighted by molar-refractivity contribution is -0.127. The maximum Gasteiger partial charge on any atom is 0.246 e. The molecule has 1 aliphatic heterocycles. The van der Waals surface area contributed by atoms with Gasteiger partial charge in [-0.15, -0.1) is 0 Å². The molecule has 0 atom stereocenters. The predicted molar refractivity (Wildman–Crippen MR) is 90.0 cm³/mol. The zero-order valence-corrected chi connectivity index (χ0v) is 14.4. The monoisotopic (exact) mass is 324 g/mol. The smallest absolute Gasteiger partial charge is 0.246 e. The van der Waals surface area contributed by atoms with Crippen molar-refractivity contribution in [2.75, 3.05) is 33.2 Å². The third-order valence-electron chi connectivity index (χ3n) is 4.04. The average molecular weight is 325 g/mol. The number of unbranched alkanes of at least 4 members (excludes halogenated alkanes) is 1. The quantitative estimate of drug-likeness (QED) is 0.781. The van der Waals surface area contributed by atoms with Crippen LogP contribution in [0.5, 0.6) is 0 Å². The first-order valence-corrected chi connectivity index (χ1v) is 8.29. The Kier molecular flexibility index (Phi) is 6.03. The maximum atomic E-state index is 12.2. The van der Waals surface area contributed by atoms with Gasteiger partial charge in [0, 0.05) is 44.4 Å². The van der Waals surface area contributed by atoms with Gasteiger partial charge in [-0.05, 0) is 26.5 Å². The number of aryl methyl sites for hydroxylation is 2. The number of carbonyl (C=O) groups excluding carboxylic acids is 1. The molecule has 0 N–H and O–H groups in total. The summed E-state index contributed by atoms with van der Waals surface area (Å²) in [5.41, 5.74) is 1.71. The molecule has 1 amide bonds. The molecule has 1 aliphatic rings. The minimum atomic E-state index is 0.0462. The van der Waals surface area contributed by atoms with Gasteiger partial charge < -0.3 is 9.80 Å². The van der Waals surface area contributed by atoms with Crippen LogP contribution in [0.4, 0.5) is 0 Å². The van der Waals surface area contributed by atoms with E-state index in [0.717, 1.165) is 56.8 Å². The van der Waals surface area contributed by atoms with Gasteiger partial charge in [0.2, 0.25) is 5.91 Å². The zero-order valence-electron chi connectivity index (χ0n) is 13.7. The van der Waals surface area contributed by atoms with Crippen LogP contribution < -0.4 is 0 Å². The van der Waals surface area contributed by atoms with Crippen LogP contribution in [-0.2, 0) is 11.3 Å². The minimum absolute atomic E-state index is 0.0462. The number of rotatable bonds is 5. The second kappa shape index (κ2) is 7.79. The first kappa shape index (κ1) is 17.0. The van der Waals surface area contributed by atoms with Crippen molar-refractivity contribution in [1.29, 1.82) is 0 Å². The number of likely N-dealkylation sites (N-methyl/N-ethyl adjacent to an activating group) is 1. The molecule has 6 heteroatoms. The van der Waals surface area contributed by atoms with Gasteiger partial charge in [0.15, 0.2) is 0 Å². The Morgan fingerprint density at radius 2 is 2.00 bits per heavy atom. The van der Waals surface area contributed by atoms with E-state index < -0.39 is 0 Å². The fraction of sp³-hybridized carbons (Fsp3) is 0.625. The van der Waals surface area contributed by atoms with Crippen LogP contribution in [-0.4, -0.2) is 58.7 Å². The fourth-order valence-corrected chi connectivity index (χ4v) is 2.82. The molecule has 0 radical (unpaired) electrons. The Morgan fingerprint density at radius 3 is 2.64 bits per heavy atom. The van der Waals surface area contributed by atoms with E-state index in [1.54, 1.807) is 12.2 Å². The number of hydrogen-bond acceptors (Lipinski definition) is 3. The first-order chi connectivity index (χ1) is 10.5. The van der Waals surface area contributed by atoms with Crippen molar-refractivity contribution >= 4 is 23.6 Å². The van der Waals surface area contributed by atoms with Crippen LogP contribution in [0.25, 0.3) is 6.08 Å². The van der Waals surface area contributed by atoms with Gasteiger partial charge in [-0.25, -0.2) is 0 Å². The zero-order chi connectivity index (χ0) is 16.1. The molecule has 2 heterocycles. The van der Waals surface area contributed by atoms with Gasteiger partial charge in [-0.1, -0.05) is 24.9 Å². The molecule has 0 saturated carbocycles. The van der Waals surface area contributed by atoms with Gasteiger partial charge >= 0.3 is 0 Å². The van der Waals surface area contributed by atoms with E-state index in [-0.39, 0.29) is 5.91 Å². The number of nitrogens with zero attached hydrogens (tertiary/aromatic N) is 4. The van der Waals surface area contributed by atoms with Crippen LogP contribution in [0.15, 0.2) is 6.08 Å². The van der Waals surface area contributed by atoms with Gasteiger partial charge in [0.1, 0.15) is 5.15 Å². The topological polar surface area (TPSA) is 41.4 Å². The van der Waals surface area contributed by atoms with Crippen LogP contribution in [0.1, 0.15) is 31.0 Å². The summed E-state index contributed by atoms with van der Waals surface area (Å²) in [4.78, 5) is 16.3. The lowest BCUT2D eigenvalue weighted by atomic mass is 10.2. The lowest BCUT2D eigenvalue weighted by Crippen LogP contribution is -2.46. The average Bonchev–Trinajstić information content (AvgIpc) is 2.77. The molecule has 0 aliphatic carbocycles. The molecule has 22 heavy (non-hydrogen) atoms. The molecule has 1 saturated heterocycles. The largest absolute Gasteiger partial charge is 0.337 e. The molecule has 122 valence electrons. The summed E-state index contributed by atoms with van der Waals surface area (Å²) >= 11 is 6.37. The highest BCUT2D eigenvalue weighted by atomic mass is 35.5. The summed E-state index contributed by atoms with van der Waals surface area (Å²) in [5, 5.41) is 5.07. The van der Waals surface area contributed by atoms with Crippen molar-refractivity contribution in [3.8, 4) is 0 Å². The van der Waals surface area contributed by atoms with Crippen molar-refractivity contribution in [3.05, 3.63) is 22.5 Å². The molecule has 0 aromatic carbocycles. The van der Waals surface area contributed by atoms with Gasteiger partial charge in [0.25, 0.3) is 0 Å². The van der Waals surface area contributed by atoms with Crippen molar-refractivity contribution in [2.45, 2.75) is 33.2 Å². The fourth-order valence-electron chi connectivity index (χ4n) is 2.50. The number of carbonyl (C=O) groups is 1. The third-order valence-corrected chi connectivity index (χ3v) is 4.44. The molecular weight excluding hydrogens is 300 g/mol. The van der Waals surface area contributed by atoms with E-state index in [9.17, 15) is 4.79 Å². The van der Waals surface area contributed by atoms with Crippen molar-refractivity contribution in [1.82, 2.24) is 19.6 Å². The highest BCUT2D eigenvalue weighted by Crippen LogP contribution is 2.22. The second-order valence-corrected chi connectivity index (χ2v) is 6.19. The standard InChI is InChI=1S/C16H25ClN4O/c1-4-5-8-21-16(17)14(13(2)18-21)6-7-15(22)20-11-9-19(3)10-12-20/h6-7H,4-5,8-12H2,1-3H3. The van der Waals surface area contributed by atoms with Crippen LogP contribution >= 0.6 is 11.6 Å². The van der Waals surface area contributed by atoms with Crippen LogP contribution in [0.3, 0.4) is 0 Å². The van der Waals surface area contributed by atoms with Gasteiger partial charge in [-0.2, -0.15) is 5.10 Å². The van der Waals surface area contributed by atoms with E-state index in [1.807, 2.05) is 16.5 Å². The normalized spacial score (nSPS) is 16.6. The second-order valence-electron chi connectivity index (χ2n) is 5.83. The van der Waals surface area contributed by atoms with E-state index in [2.05, 4.69) is 24.0 Å². The molecule has 1 aromatic heterocycles. The summed E-state index contributed by atoms with van der Waals surface area (Å²) in [6.45, 7) is 8.29. The summed E-state index contributed by atoms with van der Waals surface area (Å²) in [6, 6.07) is 0. The molecule has 5 nitrogen and oxygen atoms in total. The molecule has 0 bridgehead atoms. The maximum absolute atomic E-state index is 12.2. The summed E-state index contributed by atoms with van der Waals surface area (Å²) in [5.74, 6) is 0.0462. The van der Waals surface area contributed by atoms with Gasteiger partial charge in [-0.3, -0.25) is 9.48 Å². The SMILES string of the molecule is CCCCn1nc(C)c(C=CC(=O)N2CCN(C)CC2)c1Cl. The Labute approximate surface area is 137 Å². The Morgan fingerprint density at radius 1 is 1.32 bits per heavy atom. The molecule has 1 aromatic rings. The highest BCUT2D eigenvalue weighted by molar-refractivity contribution is 6.31. The Balaban J connectivity index is 2.03. The Bertz CT molecular complexity index is 545. The van der Waals surface area contributed by atoms with Crippen molar-refractivity contribution < 1.29 is 4.79 Å². The van der Waals surface area contributed by atoms with Crippen LogP contribution in [0.2, 0.25) is 5.15 Å². The van der Waals surface area contributed by atoms with Gasteiger partial charge in [0.05, 0.1) is 5.69 Å². The summed E-state index contributed by atoms with van der Waals surface area (Å²) < 4.78 is 1.82. The number of halogens is 1. The molecule has 0 spiro atoms. The van der Waals surface area contributed by atoms with E-state index >= 15 is 0 Å². The number of amides is 1. The van der Waals surface area contributed by atoms with Crippen molar-refractivity contribution in [3.63, 3.8) is 0 Å². The first-order valence-electron chi connectivity index (χ1n) is 7.91. The highest BCUT2D eigenvalue weighted by Gasteiger charge is 2.17. The lowest BCUT2D eigenvalue weighted by Gasteiger charge is -2.31. The number of hydrogen-bond donors (Lipinski definition) is 0. The number of piperazine rings is 1. The molecular formula is C16H25ClN4O. The number of aromatic nitrogens is 2. The third kappa shape index (κ3) is 4.11. The summed E-state index contributed by atoms with van der Waals surface area (Å²) in [7, 11) is 2.07. The Hall–Kier alpha value is -1.33. The summed E-state index contributed by atoms with van der Waals surface area (Å²) in [6.07, 6.45) is 5.56. The predicted octanol–water partition coefficient (Wildman–Crippen LogP) is 2.43. The van der Waals surface area contributed by atoms with E-state index in [1.165, 1.54) is 0 Å².